The Balaban J connectivity index is 2.68. The number of amides is 1. The number of benzene rings is 1. The van der Waals surface area contributed by atoms with Crippen molar-refractivity contribution in [3.63, 3.8) is 0 Å². The second kappa shape index (κ2) is 5.64. The minimum atomic E-state index is -1.08. The highest BCUT2D eigenvalue weighted by atomic mass is 16.5. The van der Waals surface area contributed by atoms with Crippen molar-refractivity contribution < 1.29 is 19.4 Å². The molecule has 18 heavy (non-hydrogen) atoms. The third-order valence-corrected chi connectivity index (χ3v) is 2.07. The van der Waals surface area contributed by atoms with Gasteiger partial charge in [-0.05, 0) is 32.9 Å². The molecule has 98 valence electrons. The Labute approximate surface area is 106 Å². The highest BCUT2D eigenvalue weighted by molar-refractivity contribution is 6.00. The molecule has 0 saturated heterocycles. The van der Waals surface area contributed by atoms with E-state index in [4.69, 9.17) is 9.84 Å². The van der Waals surface area contributed by atoms with Gasteiger partial charge in [0.25, 0.3) is 0 Å². The van der Waals surface area contributed by atoms with Crippen LogP contribution in [0, 0.1) is 0 Å². The van der Waals surface area contributed by atoms with Gasteiger partial charge in [0.1, 0.15) is 6.61 Å². The fourth-order valence-corrected chi connectivity index (χ4v) is 1.25. The van der Waals surface area contributed by atoms with Crippen LogP contribution in [0.2, 0.25) is 0 Å². The zero-order valence-corrected chi connectivity index (χ0v) is 10.7. The lowest BCUT2D eigenvalue weighted by Crippen LogP contribution is -2.27. The molecule has 1 aromatic rings. The van der Waals surface area contributed by atoms with Gasteiger partial charge in [-0.25, -0.2) is 4.79 Å². The van der Waals surface area contributed by atoms with E-state index in [-0.39, 0.29) is 23.8 Å². The SMILES string of the molecule is CC(C)(C)OCC(=O)Nc1ccccc1C(=O)O. The summed E-state index contributed by atoms with van der Waals surface area (Å²) in [5.74, 6) is -1.46. The van der Waals surface area contributed by atoms with Crippen LogP contribution in [0.15, 0.2) is 24.3 Å². The third kappa shape index (κ3) is 4.55. The molecule has 0 spiro atoms. The Morgan fingerprint density at radius 1 is 1.28 bits per heavy atom. The average Bonchev–Trinajstić information content (AvgIpc) is 2.26. The van der Waals surface area contributed by atoms with Crippen molar-refractivity contribution in [3.8, 4) is 0 Å². The van der Waals surface area contributed by atoms with Crippen LogP contribution in [-0.2, 0) is 9.53 Å². The molecule has 0 fully saturated rings. The van der Waals surface area contributed by atoms with Crippen LogP contribution < -0.4 is 5.32 Å². The Morgan fingerprint density at radius 2 is 1.89 bits per heavy atom. The fraction of sp³-hybridized carbons (Fsp3) is 0.385. The van der Waals surface area contributed by atoms with E-state index in [9.17, 15) is 9.59 Å². The average molecular weight is 251 g/mol. The van der Waals surface area contributed by atoms with E-state index in [2.05, 4.69) is 5.32 Å². The number of carbonyl (C=O) groups excluding carboxylic acids is 1. The lowest BCUT2D eigenvalue weighted by Gasteiger charge is -2.19. The van der Waals surface area contributed by atoms with Crippen molar-refractivity contribution in [2.24, 2.45) is 0 Å². The molecule has 5 heteroatoms. The van der Waals surface area contributed by atoms with E-state index < -0.39 is 11.6 Å². The van der Waals surface area contributed by atoms with Crippen LogP contribution in [0.5, 0.6) is 0 Å². The molecule has 0 aromatic heterocycles. The van der Waals surface area contributed by atoms with Crippen LogP contribution in [-0.4, -0.2) is 29.2 Å². The van der Waals surface area contributed by atoms with Crippen LogP contribution in [0.1, 0.15) is 31.1 Å². The molecule has 0 atom stereocenters. The van der Waals surface area contributed by atoms with Crippen LogP contribution >= 0.6 is 0 Å². The number of aromatic carboxylic acids is 1. The van der Waals surface area contributed by atoms with Crippen LogP contribution in [0.3, 0.4) is 0 Å². The normalized spacial score (nSPS) is 11.1. The molecule has 5 nitrogen and oxygen atoms in total. The van der Waals surface area contributed by atoms with Crippen molar-refractivity contribution in [3.05, 3.63) is 29.8 Å². The molecule has 1 aromatic carbocycles. The highest BCUT2D eigenvalue weighted by Gasteiger charge is 2.15. The molecule has 0 bridgehead atoms. The van der Waals surface area contributed by atoms with Gasteiger partial charge in [-0.2, -0.15) is 0 Å². The van der Waals surface area contributed by atoms with Crippen molar-refractivity contribution in [2.45, 2.75) is 26.4 Å². The quantitative estimate of drug-likeness (QED) is 0.859. The largest absolute Gasteiger partial charge is 0.478 e. The third-order valence-electron chi connectivity index (χ3n) is 2.07. The lowest BCUT2D eigenvalue weighted by molar-refractivity contribution is -0.125. The Hall–Kier alpha value is -1.88. The predicted molar refractivity (Wildman–Crippen MR) is 67.7 cm³/mol. The van der Waals surface area contributed by atoms with Gasteiger partial charge in [0, 0.05) is 0 Å². The summed E-state index contributed by atoms with van der Waals surface area (Å²) in [5, 5.41) is 11.5. The molecule has 0 heterocycles. The second-order valence-corrected chi connectivity index (χ2v) is 4.80. The Kier molecular flexibility index (Phi) is 4.44. The van der Waals surface area contributed by atoms with Crippen molar-refractivity contribution in [1.82, 2.24) is 0 Å². The van der Waals surface area contributed by atoms with Crippen LogP contribution in [0.25, 0.3) is 0 Å². The summed E-state index contributed by atoms with van der Waals surface area (Å²) in [6.45, 7) is 5.40. The summed E-state index contributed by atoms with van der Waals surface area (Å²) in [4.78, 5) is 22.5. The number of hydrogen-bond acceptors (Lipinski definition) is 3. The lowest BCUT2D eigenvalue weighted by atomic mass is 10.2. The number of carboxylic acids is 1. The highest BCUT2D eigenvalue weighted by Crippen LogP contribution is 2.15. The number of ether oxygens (including phenoxy) is 1. The first-order chi connectivity index (χ1) is 8.29. The van der Waals surface area contributed by atoms with Crippen molar-refractivity contribution in [2.75, 3.05) is 11.9 Å². The molecular weight excluding hydrogens is 234 g/mol. The van der Waals surface area contributed by atoms with Crippen molar-refractivity contribution in [1.29, 1.82) is 0 Å². The molecule has 0 radical (unpaired) electrons. The fourth-order valence-electron chi connectivity index (χ4n) is 1.25. The Morgan fingerprint density at radius 3 is 2.44 bits per heavy atom. The van der Waals surface area contributed by atoms with E-state index in [1.54, 1.807) is 18.2 Å². The van der Waals surface area contributed by atoms with E-state index in [0.717, 1.165) is 0 Å². The smallest absolute Gasteiger partial charge is 0.337 e. The molecule has 0 aliphatic carbocycles. The summed E-state index contributed by atoms with van der Waals surface area (Å²) in [6.07, 6.45) is 0. The summed E-state index contributed by atoms with van der Waals surface area (Å²) in [5.41, 5.74) is -0.0852. The maximum atomic E-state index is 11.6. The summed E-state index contributed by atoms with van der Waals surface area (Å²) >= 11 is 0. The molecule has 0 aliphatic heterocycles. The van der Waals surface area contributed by atoms with E-state index in [1.165, 1.54) is 6.07 Å². The van der Waals surface area contributed by atoms with E-state index >= 15 is 0 Å². The maximum absolute atomic E-state index is 11.6. The molecule has 2 N–H and O–H groups in total. The van der Waals surface area contributed by atoms with Gasteiger partial charge in [-0.1, -0.05) is 12.1 Å². The summed E-state index contributed by atoms with van der Waals surface area (Å²) < 4.78 is 5.30. The monoisotopic (exact) mass is 251 g/mol. The van der Waals surface area contributed by atoms with Gasteiger partial charge in [-0.3, -0.25) is 4.79 Å². The zero-order valence-electron chi connectivity index (χ0n) is 10.7. The number of para-hydroxylation sites is 1. The predicted octanol–water partition coefficient (Wildman–Crippen LogP) is 2.14. The number of anilines is 1. The first-order valence-corrected chi connectivity index (χ1v) is 5.56. The maximum Gasteiger partial charge on any atom is 0.337 e. The second-order valence-electron chi connectivity index (χ2n) is 4.80. The molecule has 0 saturated carbocycles. The minimum absolute atomic E-state index is 0.0570. The topological polar surface area (TPSA) is 75.6 Å². The number of rotatable bonds is 4. The van der Waals surface area contributed by atoms with Gasteiger partial charge in [0.05, 0.1) is 16.9 Å². The van der Waals surface area contributed by atoms with Crippen LogP contribution in [0.4, 0.5) is 5.69 Å². The Bertz CT molecular complexity index is 449. The summed E-state index contributed by atoms with van der Waals surface area (Å²) in [7, 11) is 0. The van der Waals surface area contributed by atoms with Gasteiger partial charge in [-0.15, -0.1) is 0 Å². The van der Waals surface area contributed by atoms with Gasteiger partial charge in [0.15, 0.2) is 0 Å². The first kappa shape index (κ1) is 14.2. The molecule has 0 aliphatic rings. The number of carbonyl (C=O) groups is 2. The van der Waals surface area contributed by atoms with E-state index in [1.807, 2.05) is 20.8 Å². The molecule has 0 unspecified atom stereocenters. The van der Waals surface area contributed by atoms with Gasteiger partial charge < -0.3 is 15.2 Å². The van der Waals surface area contributed by atoms with E-state index in [0.29, 0.717) is 0 Å². The van der Waals surface area contributed by atoms with Gasteiger partial charge in [0.2, 0.25) is 5.91 Å². The molecular formula is C13H17NO4. The zero-order chi connectivity index (χ0) is 13.8. The number of hydrogen-bond donors (Lipinski definition) is 2. The first-order valence-electron chi connectivity index (χ1n) is 5.56. The number of nitrogens with one attached hydrogen (secondary N) is 1. The molecule has 1 rings (SSSR count). The molecule has 1 amide bonds. The minimum Gasteiger partial charge on any atom is -0.478 e. The van der Waals surface area contributed by atoms with Crippen molar-refractivity contribution >= 4 is 17.6 Å². The van der Waals surface area contributed by atoms with Gasteiger partial charge >= 0.3 is 5.97 Å². The summed E-state index contributed by atoms with van der Waals surface area (Å²) in [6, 6.07) is 6.23. The number of carboxylic acid groups (broad SMARTS) is 1. The standard InChI is InChI=1S/C13H17NO4/c1-13(2,3)18-8-11(15)14-10-7-5-4-6-9(10)12(16)17/h4-7H,8H2,1-3H3,(H,14,15)(H,16,17).